The van der Waals surface area contributed by atoms with Gasteiger partial charge in [-0.25, -0.2) is 9.37 Å². The number of hydrogen-bond donors (Lipinski definition) is 2. The number of nitrogens with one attached hydrogen (secondary N) is 2. The molecule has 0 aromatic carbocycles. The predicted octanol–water partition coefficient (Wildman–Crippen LogP) is 2.96. The van der Waals surface area contributed by atoms with Crippen LogP contribution in [0.5, 0.6) is 0 Å². The summed E-state index contributed by atoms with van der Waals surface area (Å²) >= 11 is 0. The van der Waals surface area contributed by atoms with Crippen LogP contribution in [-0.4, -0.2) is 23.0 Å². The van der Waals surface area contributed by atoms with Gasteiger partial charge in [0, 0.05) is 18.3 Å². The van der Waals surface area contributed by atoms with Crippen LogP contribution < -0.4 is 10.6 Å². The third-order valence-corrected chi connectivity index (χ3v) is 3.01. The Balaban J connectivity index is 2.91. The van der Waals surface area contributed by atoms with E-state index in [-0.39, 0.29) is 16.9 Å². The number of amides is 1. The van der Waals surface area contributed by atoms with Crippen LogP contribution in [0, 0.1) is 5.82 Å². The molecule has 5 heteroatoms. The summed E-state index contributed by atoms with van der Waals surface area (Å²) in [6.07, 6.45) is 3.07. The topological polar surface area (TPSA) is 54.0 Å². The van der Waals surface area contributed by atoms with E-state index in [4.69, 9.17) is 0 Å². The molecule has 4 nitrogen and oxygen atoms in total. The first kappa shape index (κ1) is 15.4. The maximum Gasteiger partial charge on any atom is 0.254 e. The van der Waals surface area contributed by atoms with Crippen molar-refractivity contribution < 1.29 is 9.18 Å². The molecule has 0 saturated heterocycles. The SMILES string of the molecule is CCCNc1nccc(C(=O)NC(C)(C)CC)c1F. The lowest BCUT2D eigenvalue weighted by molar-refractivity contribution is 0.0907. The van der Waals surface area contributed by atoms with E-state index in [1.165, 1.54) is 12.3 Å². The van der Waals surface area contributed by atoms with Gasteiger partial charge in [0.15, 0.2) is 11.6 Å². The van der Waals surface area contributed by atoms with Gasteiger partial charge in [-0.1, -0.05) is 13.8 Å². The van der Waals surface area contributed by atoms with Gasteiger partial charge in [-0.05, 0) is 32.8 Å². The first-order valence-corrected chi connectivity index (χ1v) is 6.62. The third-order valence-electron chi connectivity index (χ3n) is 3.01. The minimum absolute atomic E-state index is 0.0233. The zero-order valence-corrected chi connectivity index (χ0v) is 12.0. The summed E-state index contributed by atoms with van der Waals surface area (Å²) in [6, 6.07) is 1.40. The lowest BCUT2D eigenvalue weighted by Crippen LogP contribution is -2.43. The highest BCUT2D eigenvalue weighted by Crippen LogP contribution is 2.16. The second-order valence-corrected chi connectivity index (χ2v) is 5.14. The quantitative estimate of drug-likeness (QED) is 0.833. The Morgan fingerprint density at radius 3 is 2.68 bits per heavy atom. The molecular weight excluding hydrogens is 245 g/mol. The summed E-state index contributed by atoms with van der Waals surface area (Å²) in [5, 5.41) is 5.68. The van der Waals surface area contributed by atoms with Gasteiger partial charge in [-0.2, -0.15) is 0 Å². The molecule has 1 rings (SSSR count). The Bertz CT molecular complexity index is 446. The molecule has 106 valence electrons. The van der Waals surface area contributed by atoms with Crippen LogP contribution in [0.3, 0.4) is 0 Å². The van der Waals surface area contributed by atoms with Gasteiger partial charge < -0.3 is 10.6 Å². The van der Waals surface area contributed by atoms with Gasteiger partial charge in [0.2, 0.25) is 0 Å². The molecular formula is C14H22FN3O. The second kappa shape index (κ2) is 6.50. The Morgan fingerprint density at radius 2 is 2.11 bits per heavy atom. The zero-order valence-electron chi connectivity index (χ0n) is 12.0. The van der Waals surface area contributed by atoms with Crippen LogP contribution in [0.15, 0.2) is 12.3 Å². The fourth-order valence-corrected chi connectivity index (χ4v) is 1.45. The Labute approximate surface area is 113 Å². The standard InChI is InChI=1S/C14H22FN3O/c1-5-8-16-12-11(15)10(7-9-17-12)13(19)18-14(3,4)6-2/h7,9H,5-6,8H2,1-4H3,(H,16,17)(H,18,19). The lowest BCUT2D eigenvalue weighted by Gasteiger charge is -2.24. The second-order valence-electron chi connectivity index (χ2n) is 5.14. The maximum absolute atomic E-state index is 14.1. The van der Waals surface area contributed by atoms with Gasteiger partial charge in [0.1, 0.15) is 0 Å². The molecule has 1 aromatic rings. The van der Waals surface area contributed by atoms with Crippen LogP contribution in [0.4, 0.5) is 10.2 Å². The van der Waals surface area contributed by atoms with Crippen LogP contribution in [0.1, 0.15) is 50.9 Å². The van der Waals surface area contributed by atoms with Crippen LogP contribution >= 0.6 is 0 Å². The molecule has 1 heterocycles. The number of nitrogens with zero attached hydrogens (tertiary/aromatic N) is 1. The molecule has 1 aromatic heterocycles. The molecule has 0 fully saturated rings. The minimum Gasteiger partial charge on any atom is -0.368 e. The summed E-state index contributed by atoms with van der Waals surface area (Å²) in [5.41, 5.74) is -0.334. The number of aromatic nitrogens is 1. The summed E-state index contributed by atoms with van der Waals surface area (Å²) < 4.78 is 14.1. The van der Waals surface area contributed by atoms with Gasteiger partial charge in [-0.15, -0.1) is 0 Å². The molecule has 0 spiro atoms. The molecule has 1 amide bonds. The van der Waals surface area contributed by atoms with E-state index >= 15 is 0 Å². The highest BCUT2D eigenvalue weighted by atomic mass is 19.1. The number of pyridine rings is 1. The monoisotopic (exact) mass is 267 g/mol. The largest absolute Gasteiger partial charge is 0.368 e. The highest BCUT2D eigenvalue weighted by Gasteiger charge is 2.22. The fourth-order valence-electron chi connectivity index (χ4n) is 1.45. The third kappa shape index (κ3) is 4.19. The van der Waals surface area contributed by atoms with Crippen molar-refractivity contribution in [2.75, 3.05) is 11.9 Å². The summed E-state index contributed by atoms with van der Waals surface area (Å²) in [4.78, 5) is 16.0. The maximum atomic E-state index is 14.1. The zero-order chi connectivity index (χ0) is 14.5. The molecule has 0 unspecified atom stereocenters. The number of halogens is 1. The molecule has 0 radical (unpaired) electrons. The minimum atomic E-state index is -0.597. The van der Waals surface area contributed by atoms with E-state index in [2.05, 4.69) is 15.6 Å². The highest BCUT2D eigenvalue weighted by molar-refractivity contribution is 5.95. The molecule has 0 atom stereocenters. The number of anilines is 1. The Morgan fingerprint density at radius 1 is 1.42 bits per heavy atom. The molecule has 0 aliphatic heterocycles. The van der Waals surface area contributed by atoms with E-state index in [1.54, 1.807) is 0 Å². The van der Waals surface area contributed by atoms with Crippen molar-refractivity contribution in [1.29, 1.82) is 0 Å². The Kier molecular flexibility index (Phi) is 5.27. The smallest absolute Gasteiger partial charge is 0.254 e. The van der Waals surface area contributed by atoms with E-state index in [0.717, 1.165) is 12.8 Å². The molecule has 19 heavy (non-hydrogen) atoms. The summed E-state index contributed by atoms with van der Waals surface area (Å²) in [5.74, 6) is -0.879. The number of hydrogen-bond acceptors (Lipinski definition) is 3. The van der Waals surface area contributed by atoms with E-state index < -0.39 is 11.7 Å². The van der Waals surface area contributed by atoms with Crippen molar-refractivity contribution >= 4 is 11.7 Å². The van der Waals surface area contributed by atoms with Crippen molar-refractivity contribution in [2.45, 2.75) is 46.1 Å². The fraction of sp³-hybridized carbons (Fsp3) is 0.571. The molecule has 2 N–H and O–H groups in total. The van der Waals surface area contributed by atoms with Crippen molar-refractivity contribution in [1.82, 2.24) is 10.3 Å². The van der Waals surface area contributed by atoms with Crippen LogP contribution in [0.25, 0.3) is 0 Å². The first-order valence-electron chi connectivity index (χ1n) is 6.62. The van der Waals surface area contributed by atoms with E-state index in [1.807, 2.05) is 27.7 Å². The lowest BCUT2D eigenvalue weighted by atomic mass is 10.0. The normalized spacial score (nSPS) is 11.2. The van der Waals surface area contributed by atoms with Crippen molar-refractivity contribution in [2.24, 2.45) is 0 Å². The number of carbonyl (C=O) groups is 1. The van der Waals surface area contributed by atoms with Crippen LogP contribution in [-0.2, 0) is 0 Å². The average Bonchev–Trinajstić information content (AvgIpc) is 2.37. The molecule has 0 saturated carbocycles. The first-order chi connectivity index (χ1) is 8.91. The van der Waals surface area contributed by atoms with E-state index in [9.17, 15) is 9.18 Å². The number of rotatable bonds is 6. The van der Waals surface area contributed by atoms with Gasteiger partial charge in [0.25, 0.3) is 5.91 Å². The predicted molar refractivity (Wildman–Crippen MR) is 74.8 cm³/mol. The summed E-state index contributed by atoms with van der Waals surface area (Å²) in [7, 11) is 0. The van der Waals surface area contributed by atoms with Gasteiger partial charge >= 0.3 is 0 Å². The molecule has 0 aliphatic rings. The Hall–Kier alpha value is -1.65. The van der Waals surface area contributed by atoms with Crippen molar-refractivity contribution in [3.63, 3.8) is 0 Å². The molecule has 0 bridgehead atoms. The van der Waals surface area contributed by atoms with Gasteiger partial charge in [0.05, 0.1) is 5.56 Å². The van der Waals surface area contributed by atoms with Crippen molar-refractivity contribution in [3.05, 3.63) is 23.6 Å². The number of carbonyl (C=O) groups excluding carboxylic acids is 1. The van der Waals surface area contributed by atoms with Crippen LogP contribution in [0.2, 0.25) is 0 Å². The average molecular weight is 267 g/mol. The van der Waals surface area contributed by atoms with Gasteiger partial charge in [-0.3, -0.25) is 4.79 Å². The van der Waals surface area contributed by atoms with Crippen molar-refractivity contribution in [3.8, 4) is 0 Å². The van der Waals surface area contributed by atoms with E-state index in [0.29, 0.717) is 6.54 Å². The molecule has 0 aliphatic carbocycles. The summed E-state index contributed by atoms with van der Waals surface area (Å²) in [6.45, 7) is 8.37.